The highest BCUT2D eigenvalue weighted by molar-refractivity contribution is 7.91. The van der Waals surface area contributed by atoms with E-state index in [-0.39, 0.29) is 17.5 Å². The fourth-order valence-electron chi connectivity index (χ4n) is 2.85. The molecule has 2 heterocycles. The maximum Gasteiger partial charge on any atom is 0.174 e. The van der Waals surface area contributed by atoms with Crippen molar-refractivity contribution < 1.29 is 13.2 Å². The van der Waals surface area contributed by atoms with Crippen molar-refractivity contribution in [3.05, 3.63) is 46.7 Å². The van der Waals surface area contributed by atoms with Crippen molar-refractivity contribution in [3.63, 3.8) is 0 Å². The number of benzene rings is 1. The second kappa shape index (κ2) is 7.72. The van der Waals surface area contributed by atoms with Crippen molar-refractivity contribution in [3.8, 4) is 5.75 Å². The molecule has 0 bridgehead atoms. The normalized spacial score (nSPS) is 18.7. The predicted molar refractivity (Wildman–Crippen MR) is 106 cm³/mol. The third-order valence-corrected chi connectivity index (χ3v) is 7.09. The molecule has 5 nitrogen and oxygen atoms in total. The van der Waals surface area contributed by atoms with Gasteiger partial charge in [0.25, 0.3) is 0 Å². The Balaban J connectivity index is 1.79. The monoisotopic (exact) mass is 396 g/mol. The van der Waals surface area contributed by atoms with Crippen LogP contribution in [0.2, 0.25) is 0 Å². The van der Waals surface area contributed by atoms with E-state index in [1.807, 2.05) is 46.7 Å². The average molecular weight is 397 g/mol. The molecule has 1 fully saturated rings. The molecule has 134 valence electrons. The molecule has 1 aromatic heterocycles. The summed E-state index contributed by atoms with van der Waals surface area (Å²) in [4.78, 5) is 3.14. The quantitative estimate of drug-likeness (QED) is 0.784. The Labute approximate surface area is 157 Å². The van der Waals surface area contributed by atoms with Crippen molar-refractivity contribution in [2.24, 2.45) is 0 Å². The molecule has 0 amide bonds. The maximum atomic E-state index is 11.9. The zero-order valence-electron chi connectivity index (χ0n) is 13.8. The molecule has 2 aromatic rings. The van der Waals surface area contributed by atoms with E-state index in [0.717, 1.165) is 16.3 Å². The zero-order chi connectivity index (χ0) is 17.9. The minimum Gasteiger partial charge on any atom is -0.497 e. The number of methoxy groups -OCH3 is 1. The van der Waals surface area contributed by atoms with Crippen LogP contribution in [-0.2, 0) is 16.4 Å². The minimum absolute atomic E-state index is 0.0993. The fraction of sp³-hybridized carbons (Fsp3) is 0.353. The van der Waals surface area contributed by atoms with Gasteiger partial charge in [-0.3, -0.25) is 0 Å². The zero-order valence-corrected chi connectivity index (χ0v) is 16.3. The molecule has 25 heavy (non-hydrogen) atoms. The summed E-state index contributed by atoms with van der Waals surface area (Å²) in [5, 5.41) is 5.76. The van der Waals surface area contributed by atoms with E-state index in [0.29, 0.717) is 18.1 Å². The maximum absolute atomic E-state index is 11.9. The van der Waals surface area contributed by atoms with E-state index in [4.69, 9.17) is 17.0 Å². The van der Waals surface area contributed by atoms with E-state index in [1.54, 1.807) is 18.4 Å². The number of hydrogen-bond acceptors (Lipinski definition) is 5. The van der Waals surface area contributed by atoms with Crippen molar-refractivity contribution in [1.29, 1.82) is 0 Å². The summed E-state index contributed by atoms with van der Waals surface area (Å²) >= 11 is 7.25. The molecule has 1 atom stereocenters. The van der Waals surface area contributed by atoms with Gasteiger partial charge in [-0.05, 0) is 42.2 Å². The highest BCUT2D eigenvalue weighted by atomic mass is 32.2. The van der Waals surface area contributed by atoms with Crippen LogP contribution in [0.25, 0.3) is 0 Å². The standard InChI is InChI=1S/C17H20N2O3S3/c1-22-15-5-2-4-13(10-15)18-17(23)19(11-16-6-3-8-24-16)14-7-9-25(20,21)12-14/h2-6,8,10,14H,7,9,11-12H2,1H3,(H,18,23)/t14-/m0/s1. The molecular formula is C17H20N2O3S3. The summed E-state index contributed by atoms with van der Waals surface area (Å²) in [6, 6.07) is 11.4. The van der Waals surface area contributed by atoms with Gasteiger partial charge < -0.3 is 15.0 Å². The number of rotatable bonds is 5. The molecule has 1 aromatic carbocycles. The number of ether oxygens (including phenoxy) is 1. The Morgan fingerprint density at radius 1 is 1.40 bits per heavy atom. The summed E-state index contributed by atoms with van der Waals surface area (Å²) in [5.41, 5.74) is 0.821. The Morgan fingerprint density at radius 3 is 2.88 bits per heavy atom. The largest absolute Gasteiger partial charge is 0.497 e. The van der Waals surface area contributed by atoms with Gasteiger partial charge in [-0.1, -0.05) is 12.1 Å². The summed E-state index contributed by atoms with van der Waals surface area (Å²) in [6.07, 6.45) is 0.605. The second-order valence-electron chi connectivity index (χ2n) is 5.93. The third-order valence-electron chi connectivity index (χ3n) is 4.14. The Bertz CT molecular complexity index is 835. The number of anilines is 1. The molecule has 1 saturated heterocycles. The van der Waals surface area contributed by atoms with Gasteiger partial charge >= 0.3 is 0 Å². The first-order valence-electron chi connectivity index (χ1n) is 7.91. The van der Waals surface area contributed by atoms with E-state index >= 15 is 0 Å². The molecule has 8 heteroatoms. The Morgan fingerprint density at radius 2 is 2.24 bits per heavy atom. The van der Waals surface area contributed by atoms with Crippen LogP contribution in [0.3, 0.4) is 0 Å². The van der Waals surface area contributed by atoms with E-state index in [1.165, 1.54) is 0 Å². The van der Waals surface area contributed by atoms with Crippen LogP contribution in [0.5, 0.6) is 5.75 Å². The Kier molecular flexibility index (Phi) is 5.61. The van der Waals surface area contributed by atoms with Gasteiger partial charge in [0.15, 0.2) is 14.9 Å². The number of thiophene rings is 1. The number of hydrogen-bond donors (Lipinski definition) is 1. The lowest BCUT2D eigenvalue weighted by atomic mass is 10.2. The highest BCUT2D eigenvalue weighted by Gasteiger charge is 2.33. The van der Waals surface area contributed by atoms with Crippen LogP contribution in [0.15, 0.2) is 41.8 Å². The molecule has 0 saturated carbocycles. The van der Waals surface area contributed by atoms with Gasteiger partial charge in [0.2, 0.25) is 0 Å². The van der Waals surface area contributed by atoms with Gasteiger partial charge in [0.1, 0.15) is 5.75 Å². The van der Waals surface area contributed by atoms with Crippen molar-refractivity contribution in [2.45, 2.75) is 19.0 Å². The molecule has 1 aliphatic rings. The number of thiocarbonyl (C=S) groups is 1. The summed E-state index contributed by atoms with van der Waals surface area (Å²) in [6.45, 7) is 0.605. The number of nitrogens with zero attached hydrogens (tertiary/aromatic N) is 1. The summed E-state index contributed by atoms with van der Waals surface area (Å²) in [5.74, 6) is 1.11. The van der Waals surface area contributed by atoms with E-state index in [2.05, 4.69) is 5.32 Å². The van der Waals surface area contributed by atoms with Gasteiger partial charge in [0, 0.05) is 22.7 Å². The van der Waals surface area contributed by atoms with Gasteiger partial charge in [-0.2, -0.15) is 0 Å². The van der Waals surface area contributed by atoms with Gasteiger partial charge in [-0.25, -0.2) is 8.42 Å². The van der Waals surface area contributed by atoms with E-state index < -0.39 is 9.84 Å². The number of sulfone groups is 1. The van der Waals surface area contributed by atoms with Gasteiger partial charge in [0.05, 0.1) is 25.2 Å². The van der Waals surface area contributed by atoms with Crippen molar-refractivity contribution in [2.75, 3.05) is 23.9 Å². The number of nitrogens with one attached hydrogen (secondary N) is 1. The molecule has 0 aliphatic carbocycles. The first kappa shape index (κ1) is 18.2. The topological polar surface area (TPSA) is 58.6 Å². The molecule has 1 N–H and O–H groups in total. The van der Waals surface area contributed by atoms with E-state index in [9.17, 15) is 8.42 Å². The van der Waals surface area contributed by atoms with Crippen LogP contribution in [-0.4, -0.2) is 43.1 Å². The predicted octanol–water partition coefficient (Wildman–Crippen LogP) is 3.14. The molecule has 3 rings (SSSR count). The first-order chi connectivity index (χ1) is 12.0. The van der Waals surface area contributed by atoms with Crippen molar-refractivity contribution in [1.82, 2.24) is 4.90 Å². The van der Waals surface area contributed by atoms with Crippen LogP contribution < -0.4 is 10.1 Å². The SMILES string of the molecule is COc1cccc(NC(=S)N(Cc2cccs2)[C@H]2CCS(=O)(=O)C2)c1. The third kappa shape index (κ3) is 4.71. The molecule has 0 spiro atoms. The minimum atomic E-state index is -2.98. The first-order valence-corrected chi connectivity index (χ1v) is 11.0. The molecule has 0 unspecified atom stereocenters. The van der Waals surface area contributed by atoms with Crippen LogP contribution >= 0.6 is 23.6 Å². The smallest absolute Gasteiger partial charge is 0.174 e. The summed E-state index contributed by atoms with van der Waals surface area (Å²) in [7, 11) is -1.37. The van der Waals surface area contributed by atoms with Crippen LogP contribution in [0.4, 0.5) is 5.69 Å². The molecule has 1 aliphatic heterocycles. The lowest BCUT2D eigenvalue weighted by Gasteiger charge is -2.30. The average Bonchev–Trinajstić information content (AvgIpc) is 3.21. The fourth-order valence-corrected chi connectivity index (χ4v) is 5.62. The lowest BCUT2D eigenvalue weighted by molar-refractivity contribution is 0.335. The summed E-state index contributed by atoms with van der Waals surface area (Å²) < 4.78 is 29.1. The van der Waals surface area contributed by atoms with Gasteiger partial charge in [-0.15, -0.1) is 11.3 Å². The molecule has 0 radical (unpaired) electrons. The van der Waals surface area contributed by atoms with Crippen LogP contribution in [0, 0.1) is 0 Å². The Hall–Kier alpha value is -1.64. The lowest BCUT2D eigenvalue weighted by Crippen LogP contribution is -2.42. The van der Waals surface area contributed by atoms with Crippen LogP contribution in [0.1, 0.15) is 11.3 Å². The molecular weight excluding hydrogens is 376 g/mol. The highest BCUT2D eigenvalue weighted by Crippen LogP contribution is 2.24. The second-order valence-corrected chi connectivity index (χ2v) is 9.57. The van der Waals surface area contributed by atoms with Crippen molar-refractivity contribution >= 4 is 44.2 Å².